The smallest absolute Gasteiger partial charge is 0.322 e. The second kappa shape index (κ2) is 11.8. The van der Waals surface area contributed by atoms with Gasteiger partial charge in [0.1, 0.15) is 11.5 Å². The van der Waals surface area contributed by atoms with E-state index in [1.165, 1.54) is 31.3 Å². The third-order valence-corrected chi connectivity index (χ3v) is 6.33. The number of primary amides is 1. The Morgan fingerprint density at radius 3 is 2.29 bits per heavy atom. The molecule has 0 aromatic heterocycles. The lowest BCUT2D eigenvalue weighted by Gasteiger charge is -2.32. The van der Waals surface area contributed by atoms with Crippen molar-refractivity contribution in [2.24, 2.45) is 5.73 Å². The fourth-order valence-electron chi connectivity index (χ4n) is 3.99. The van der Waals surface area contributed by atoms with E-state index in [2.05, 4.69) is 36.6 Å². The molecule has 0 radical (unpaired) electrons. The first-order chi connectivity index (χ1) is 18.0. The molecule has 11 heteroatoms. The summed E-state index contributed by atoms with van der Waals surface area (Å²) in [4.78, 5) is 53.1. The van der Waals surface area contributed by atoms with Gasteiger partial charge in [0.05, 0.1) is 20.8 Å². The van der Waals surface area contributed by atoms with Crippen molar-refractivity contribution >= 4 is 29.8 Å². The molecule has 0 aliphatic carbocycles. The highest BCUT2D eigenvalue weighted by atomic mass is 16.5. The number of rotatable bonds is 8. The maximum absolute atomic E-state index is 13.1. The van der Waals surface area contributed by atoms with Gasteiger partial charge in [0.25, 0.3) is 11.8 Å². The summed E-state index contributed by atoms with van der Waals surface area (Å²) in [7, 11) is 6.99. The first-order valence-corrected chi connectivity index (χ1v) is 11.9. The quantitative estimate of drug-likeness (QED) is 0.352. The van der Waals surface area contributed by atoms with E-state index in [4.69, 9.17) is 15.2 Å². The van der Waals surface area contributed by atoms with Crippen molar-refractivity contribution < 1.29 is 28.7 Å². The Bertz CT molecular complexity index is 1260. The van der Waals surface area contributed by atoms with E-state index in [1.54, 1.807) is 36.4 Å². The number of benzene rings is 2. The first-order valence-electron chi connectivity index (χ1n) is 11.9. The maximum atomic E-state index is 13.1. The van der Waals surface area contributed by atoms with Gasteiger partial charge in [0, 0.05) is 17.7 Å². The van der Waals surface area contributed by atoms with Crippen LogP contribution in [0, 0.1) is 0 Å². The molecule has 0 saturated carbocycles. The van der Waals surface area contributed by atoms with Gasteiger partial charge >= 0.3 is 6.03 Å². The molecule has 4 rings (SSSR count). The average Bonchev–Trinajstić information content (AvgIpc) is 3.37. The molecule has 1 saturated heterocycles. The van der Waals surface area contributed by atoms with Gasteiger partial charge in [-0.3, -0.25) is 19.7 Å². The molecule has 4 N–H and O–H groups in total. The van der Waals surface area contributed by atoms with Crippen LogP contribution in [-0.4, -0.2) is 80.5 Å². The molecule has 0 unspecified atom stereocenters. The molecule has 0 spiro atoms. The number of amides is 5. The van der Waals surface area contributed by atoms with Crippen molar-refractivity contribution in [3.8, 4) is 5.75 Å². The molecule has 11 nitrogen and oxygen atoms in total. The molecule has 1 atom stereocenters. The molecular weight excluding hydrogens is 490 g/mol. The number of methoxy groups -OCH3 is 2. The van der Waals surface area contributed by atoms with Crippen LogP contribution in [0.5, 0.6) is 5.75 Å². The molecule has 38 heavy (non-hydrogen) atoms. The van der Waals surface area contributed by atoms with E-state index in [0.29, 0.717) is 22.4 Å². The molecule has 2 aromatic rings. The molecule has 2 aliphatic heterocycles. The Kier molecular flexibility index (Phi) is 8.74. The molecule has 202 valence electrons. The van der Waals surface area contributed by atoms with E-state index in [0.717, 1.165) is 12.1 Å². The first kappa shape index (κ1) is 28.2. The maximum Gasteiger partial charge on any atom is 0.322 e. The summed E-state index contributed by atoms with van der Waals surface area (Å²) in [5, 5.41) is 4.86. The Hall–Kier alpha value is -4.38. The number of urea groups is 1. The minimum absolute atomic E-state index is 0.124. The predicted molar refractivity (Wildman–Crippen MR) is 141 cm³/mol. The summed E-state index contributed by atoms with van der Waals surface area (Å²) in [5.41, 5.74) is 5.82. The zero-order valence-electron chi connectivity index (χ0n) is 22.2. The second-order valence-corrected chi connectivity index (χ2v) is 9.09. The van der Waals surface area contributed by atoms with Crippen molar-refractivity contribution in [3.05, 3.63) is 70.5 Å². The number of nitrogens with two attached hydrogens (primary N) is 1. The van der Waals surface area contributed by atoms with Crippen molar-refractivity contribution in [1.29, 1.82) is 0 Å². The number of imide groups is 1. The highest BCUT2D eigenvalue weighted by molar-refractivity contribution is 6.10. The number of hydrogen-bond acceptors (Lipinski definition) is 7. The molecule has 0 bridgehead atoms. The Morgan fingerprint density at radius 2 is 1.79 bits per heavy atom. The van der Waals surface area contributed by atoms with Crippen molar-refractivity contribution in [2.45, 2.75) is 19.0 Å². The summed E-state index contributed by atoms with van der Waals surface area (Å²) in [5.74, 6) is -0.837. The normalized spacial score (nSPS) is 18.4. The van der Waals surface area contributed by atoms with Gasteiger partial charge in [-0.25, -0.2) is 4.79 Å². The van der Waals surface area contributed by atoms with Crippen LogP contribution in [-0.2, 0) is 16.1 Å². The standard InChI is InChI=1S/C23H22N4O6.C4H11N/c1-32-16-8-7-15-11-27(20(29)17(15)10-16)12-23(21(30)25-22(31)26-23)18(33-2)9-13-3-5-14(6-4-13)19(24)28;1-4-5(2)3/h3-10H,11-12H2,1-2H3,(H2,24,28)(H2,25,26,30,31);4H2,1-3H3/b18-9-;/t23-;/m0./s1. The topological polar surface area (TPSA) is 143 Å². The number of hydrogen-bond donors (Lipinski definition) is 3. The number of fused-ring (bicyclic) bond motifs is 1. The van der Waals surface area contributed by atoms with Crippen molar-refractivity contribution in [2.75, 3.05) is 41.4 Å². The lowest BCUT2D eigenvalue weighted by molar-refractivity contribution is -0.124. The average molecular weight is 524 g/mol. The van der Waals surface area contributed by atoms with E-state index in [9.17, 15) is 19.2 Å². The third-order valence-electron chi connectivity index (χ3n) is 6.33. The predicted octanol–water partition coefficient (Wildman–Crippen LogP) is 1.58. The van der Waals surface area contributed by atoms with E-state index in [-0.39, 0.29) is 24.8 Å². The summed E-state index contributed by atoms with van der Waals surface area (Å²) in [6.45, 7) is 3.37. The highest BCUT2D eigenvalue weighted by Gasteiger charge is 2.53. The number of ether oxygens (including phenoxy) is 2. The Morgan fingerprint density at radius 1 is 1.13 bits per heavy atom. The fraction of sp³-hybridized carbons (Fsp3) is 0.333. The van der Waals surface area contributed by atoms with Gasteiger partial charge in [0.2, 0.25) is 5.91 Å². The molecule has 1 fully saturated rings. The van der Waals surface area contributed by atoms with Gasteiger partial charge in [0.15, 0.2) is 5.54 Å². The van der Waals surface area contributed by atoms with Gasteiger partial charge in [-0.2, -0.15) is 0 Å². The van der Waals surface area contributed by atoms with Crippen LogP contribution in [0.3, 0.4) is 0 Å². The third kappa shape index (κ3) is 5.94. The van der Waals surface area contributed by atoms with E-state index >= 15 is 0 Å². The van der Waals surface area contributed by atoms with Gasteiger partial charge in [-0.05, 0) is 62.1 Å². The van der Waals surface area contributed by atoms with Crippen LogP contribution in [0.4, 0.5) is 4.79 Å². The lowest BCUT2D eigenvalue weighted by Crippen LogP contribution is -2.57. The van der Waals surface area contributed by atoms with Crippen LogP contribution in [0.2, 0.25) is 0 Å². The monoisotopic (exact) mass is 523 g/mol. The Balaban J connectivity index is 0.000000732. The number of nitrogens with zero attached hydrogens (tertiary/aromatic N) is 2. The van der Waals surface area contributed by atoms with Gasteiger partial charge in [-0.15, -0.1) is 0 Å². The summed E-state index contributed by atoms with van der Waals surface area (Å²) >= 11 is 0. The van der Waals surface area contributed by atoms with Crippen LogP contribution < -0.4 is 21.1 Å². The van der Waals surface area contributed by atoms with Crippen molar-refractivity contribution in [1.82, 2.24) is 20.4 Å². The number of carbonyl (C=O) groups is 4. The highest BCUT2D eigenvalue weighted by Crippen LogP contribution is 2.32. The fourth-order valence-corrected chi connectivity index (χ4v) is 3.99. The molecule has 2 aliphatic rings. The number of carbonyl (C=O) groups excluding carboxylic acids is 4. The van der Waals surface area contributed by atoms with Crippen LogP contribution in [0.15, 0.2) is 48.2 Å². The van der Waals surface area contributed by atoms with Crippen LogP contribution in [0.25, 0.3) is 6.08 Å². The Labute approximate surface area is 221 Å². The van der Waals surface area contributed by atoms with E-state index in [1.807, 2.05) is 0 Å². The molecule has 5 amide bonds. The zero-order chi connectivity index (χ0) is 28.0. The SMILES string of the molecule is CCN(C)C.CO/C(=C\c1ccc(C(N)=O)cc1)[C@]1(CN2Cc3ccc(OC)cc3C2=O)NC(=O)NC1=O. The summed E-state index contributed by atoms with van der Waals surface area (Å²) in [6, 6.07) is 10.8. The van der Waals surface area contributed by atoms with Gasteiger partial charge < -0.3 is 30.3 Å². The minimum Gasteiger partial charge on any atom is -0.498 e. The lowest BCUT2D eigenvalue weighted by atomic mass is 9.94. The molecule has 2 heterocycles. The zero-order valence-corrected chi connectivity index (χ0v) is 22.2. The number of nitrogens with one attached hydrogen (secondary N) is 2. The summed E-state index contributed by atoms with van der Waals surface area (Å²) in [6.07, 6.45) is 1.56. The van der Waals surface area contributed by atoms with Gasteiger partial charge in [-0.1, -0.05) is 25.1 Å². The molecule has 2 aromatic carbocycles. The summed E-state index contributed by atoms with van der Waals surface area (Å²) < 4.78 is 10.7. The van der Waals surface area contributed by atoms with Crippen molar-refractivity contribution in [3.63, 3.8) is 0 Å². The second-order valence-electron chi connectivity index (χ2n) is 9.09. The van der Waals surface area contributed by atoms with Crippen LogP contribution >= 0.6 is 0 Å². The van der Waals surface area contributed by atoms with E-state index < -0.39 is 23.4 Å². The minimum atomic E-state index is -1.64. The largest absolute Gasteiger partial charge is 0.498 e. The molecular formula is C27H33N5O6. The van der Waals surface area contributed by atoms with Crippen LogP contribution in [0.1, 0.15) is 38.8 Å².